The molecule has 6 heteroatoms. The molecule has 1 aliphatic rings. The third-order valence-corrected chi connectivity index (χ3v) is 5.76. The molecule has 1 amide bonds. The topological polar surface area (TPSA) is 51.2 Å². The standard InChI is InChI=1S/C20H17ClN2O2S/c1-12-15(11-16-18(17(12)21)25-8-6-22-19(16)24)10-13-2-4-14(5-3-13)20-23-7-9-26-20/h2-5,7,9,11H,6,8,10H2,1H3,(H,22,24). The highest BCUT2D eigenvalue weighted by atomic mass is 35.5. The van der Waals surface area contributed by atoms with Crippen LogP contribution in [0.5, 0.6) is 5.75 Å². The molecule has 132 valence electrons. The van der Waals surface area contributed by atoms with Crippen molar-refractivity contribution in [1.29, 1.82) is 0 Å². The molecule has 1 N–H and O–H groups in total. The van der Waals surface area contributed by atoms with Crippen LogP contribution >= 0.6 is 22.9 Å². The number of amides is 1. The van der Waals surface area contributed by atoms with Gasteiger partial charge in [0.05, 0.1) is 17.1 Å². The van der Waals surface area contributed by atoms with Crippen LogP contribution in [0.15, 0.2) is 41.9 Å². The monoisotopic (exact) mass is 384 g/mol. The van der Waals surface area contributed by atoms with Gasteiger partial charge >= 0.3 is 0 Å². The fourth-order valence-electron chi connectivity index (χ4n) is 3.03. The molecule has 0 bridgehead atoms. The molecule has 4 nitrogen and oxygen atoms in total. The van der Waals surface area contributed by atoms with Crippen LogP contribution < -0.4 is 10.1 Å². The number of halogens is 1. The van der Waals surface area contributed by atoms with Crippen molar-refractivity contribution >= 4 is 28.8 Å². The molecule has 26 heavy (non-hydrogen) atoms. The van der Waals surface area contributed by atoms with E-state index in [1.165, 1.54) is 0 Å². The minimum atomic E-state index is -0.139. The molecular weight excluding hydrogens is 368 g/mol. The highest BCUT2D eigenvalue weighted by molar-refractivity contribution is 7.13. The van der Waals surface area contributed by atoms with E-state index in [0.29, 0.717) is 35.9 Å². The van der Waals surface area contributed by atoms with Crippen molar-refractivity contribution < 1.29 is 9.53 Å². The molecule has 1 aromatic heterocycles. The normalized spacial score (nSPS) is 13.5. The number of thiazole rings is 1. The molecule has 0 atom stereocenters. The van der Waals surface area contributed by atoms with E-state index in [4.69, 9.17) is 16.3 Å². The summed E-state index contributed by atoms with van der Waals surface area (Å²) >= 11 is 8.12. The van der Waals surface area contributed by atoms with Gasteiger partial charge in [-0.05, 0) is 36.1 Å². The largest absolute Gasteiger partial charge is 0.489 e. The maximum Gasteiger partial charge on any atom is 0.255 e. The molecule has 0 spiro atoms. The van der Waals surface area contributed by atoms with E-state index in [0.717, 1.165) is 27.3 Å². The Morgan fingerprint density at radius 2 is 2.12 bits per heavy atom. The molecule has 1 aliphatic heterocycles. The minimum absolute atomic E-state index is 0.139. The van der Waals surface area contributed by atoms with Gasteiger partial charge in [-0.3, -0.25) is 4.79 Å². The summed E-state index contributed by atoms with van der Waals surface area (Å²) in [4.78, 5) is 16.6. The Morgan fingerprint density at radius 3 is 2.85 bits per heavy atom. The van der Waals surface area contributed by atoms with Crippen LogP contribution in [0.1, 0.15) is 27.0 Å². The Kier molecular flexibility index (Phi) is 4.66. The van der Waals surface area contributed by atoms with Crippen LogP contribution in [0, 0.1) is 6.92 Å². The first-order chi connectivity index (χ1) is 12.6. The minimum Gasteiger partial charge on any atom is -0.489 e. The van der Waals surface area contributed by atoms with Crippen LogP contribution in [0.2, 0.25) is 5.02 Å². The SMILES string of the molecule is Cc1c(Cc2ccc(-c3nccs3)cc2)cc2c(c1Cl)OCCNC2=O. The van der Waals surface area contributed by atoms with Gasteiger partial charge < -0.3 is 10.1 Å². The molecule has 0 radical (unpaired) electrons. The van der Waals surface area contributed by atoms with Crippen molar-refractivity contribution in [2.75, 3.05) is 13.2 Å². The number of ether oxygens (including phenoxy) is 1. The second kappa shape index (κ2) is 7.09. The number of nitrogens with one attached hydrogen (secondary N) is 1. The smallest absolute Gasteiger partial charge is 0.255 e. The van der Waals surface area contributed by atoms with E-state index >= 15 is 0 Å². The number of hydrogen-bond acceptors (Lipinski definition) is 4. The third-order valence-electron chi connectivity index (χ3n) is 4.48. The molecular formula is C20H17ClN2O2S. The van der Waals surface area contributed by atoms with E-state index in [9.17, 15) is 4.79 Å². The second-order valence-corrected chi connectivity index (χ2v) is 7.44. The van der Waals surface area contributed by atoms with E-state index in [1.54, 1.807) is 11.3 Å². The molecule has 0 saturated carbocycles. The number of fused-ring (bicyclic) bond motifs is 1. The fraction of sp³-hybridized carbons (Fsp3) is 0.200. The van der Waals surface area contributed by atoms with Crippen molar-refractivity contribution in [1.82, 2.24) is 10.3 Å². The molecule has 2 heterocycles. The molecule has 0 unspecified atom stereocenters. The van der Waals surface area contributed by atoms with E-state index in [-0.39, 0.29) is 5.91 Å². The van der Waals surface area contributed by atoms with Crippen LogP contribution in [0.3, 0.4) is 0 Å². The summed E-state index contributed by atoms with van der Waals surface area (Å²) < 4.78 is 5.67. The average molecular weight is 385 g/mol. The van der Waals surface area contributed by atoms with Gasteiger partial charge in [0.1, 0.15) is 11.6 Å². The lowest BCUT2D eigenvalue weighted by atomic mass is 9.96. The Labute approximate surface area is 160 Å². The Balaban J connectivity index is 1.66. The number of rotatable bonds is 3. The predicted molar refractivity (Wildman–Crippen MR) is 104 cm³/mol. The van der Waals surface area contributed by atoms with Gasteiger partial charge in [0, 0.05) is 17.1 Å². The Hall–Kier alpha value is -2.37. The van der Waals surface area contributed by atoms with Gasteiger partial charge in [-0.15, -0.1) is 11.3 Å². The van der Waals surface area contributed by atoms with E-state index < -0.39 is 0 Å². The van der Waals surface area contributed by atoms with Crippen molar-refractivity contribution in [2.45, 2.75) is 13.3 Å². The van der Waals surface area contributed by atoms with Gasteiger partial charge in [-0.25, -0.2) is 4.98 Å². The number of carbonyl (C=O) groups is 1. The summed E-state index contributed by atoms with van der Waals surface area (Å²) in [6.07, 6.45) is 2.51. The van der Waals surface area contributed by atoms with Crippen LogP contribution in [-0.2, 0) is 6.42 Å². The number of carbonyl (C=O) groups excluding carboxylic acids is 1. The van der Waals surface area contributed by atoms with Gasteiger partial charge in [-0.2, -0.15) is 0 Å². The lowest BCUT2D eigenvalue weighted by Crippen LogP contribution is -2.24. The summed E-state index contributed by atoms with van der Waals surface area (Å²) in [5, 5.41) is 6.33. The maximum atomic E-state index is 12.3. The highest BCUT2D eigenvalue weighted by Crippen LogP contribution is 2.36. The van der Waals surface area contributed by atoms with Crippen LogP contribution in [-0.4, -0.2) is 24.0 Å². The number of hydrogen-bond donors (Lipinski definition) is 1. The number of aromatic nitrogens is 1. The lowest BCUT2D eigenvalue weighted by Gasteiger charge is -2.15. The zero-order valence-electron chi connectivity index (χ0n) is 14.2. The summed E-state index contributed by atoms with van der Waals surface area (Å²) in [5.74, 6) is 0.349. The average Bonchev–Trinajstić information content (AvgIpc) is 3.12. The van der Waals surface area contributed by atoms with Gasteiger partial charge in [0.15, 0.2) is 5.75 Å². The first-order valence-electron chi connectivity index (χ1n) is 8.35. The zero-order chi connectivity index (χ0) is 18.1. The van der Waals surface area contributed by atoms with Crippen molar-refractivity contribution in [3.8, 4) is 16.3 Å². The third kappa shape index (κ3) is 3.20. The summed E-state index contributed by atoms with van der Waals surface area (Å²) in [5.41, 5.74) is 4.74. The predicted octanol–water partition coefficient (Wildman–Crippen LogP) is 4.48. The second-order valence-electron chi connectivity index (χ2n) is 6.17. The number of benzene rings is 2. The summed E-state index contributed by atoms with van der Waals surface area (Å²) in [7, 11) is 0. The molecule has 0 aliphatic carbocycles. The maximum absolute atomic E-state index is 12.3. The van der Waals surface area contributed by atoms with Gasteiger partial charge in [0.25, 0.3) is 5.91 Å². The van der Waals surface area contributed by atoms with Crippen molar-refractivity contribution in [3.05, 3.63) is 69.2 Å². The van der Waals surface area contributed by atoms with Crippen molar-refractivity contribution in [3.63, 3.8) is 0 Å². The highest BCUT2D eigenvalue weighted by Gasteiger charge is 2.22. The fourth-order valence-corrected chi connectivity index (χ4v) is 3.96. The first-order valence-corrected chi connectivity index (χ1v) is 9.61. The molecule has 2 aromatic carbocycles. The first kappa shape index (κ1) is 17.1. The quantitative estimate of drug-likeness (QED) is 0.724. The van der Waals surface area contributed by atoms with Gasteiger partial charge in [0.2, 0.25) is 0 Å². The van der Waals surface area contributed by atoms with Crippen molar-refractivity contribution in [2.24, 2.45) is 0 Å². The van der Waals surface area contributed by atoms with E-state index in [2.05, 4.69) is 34.6 Å². The van der Waals surface area contributed by atoms with Gasteiger partial charge in [-0.1, -0.05) is 35.9 Å². The Morgan fingerprint density at radius 1 is 1.31 bits per heavy atom. The molecule has 4 rings (SSSR count). The molecule has 3 aromatic rings. The zero-order valence-corrected chi connectivity index (χ0v) is 15.8. The summed E-state index contributed by atoms with van der Waals surface area (Å²) in [6, 6.07) is 10.2. The Bertz CT molecular complexity index is 953. The molecule has 0 saturated heterocycles. The lowest BCUT2D eigenvalue weighted by molar-refractivity contribution is 0.0957. The van der Waals surface area contributed by atoms with E-state index in [1.807, 2.05) is 24.6 Å². The molecule has 0 fully saturated rings. The summed E-state index contributed by atoms with van der Waals surface area (Å²) in [6.45, 7) is 2.87. The van der Waals surface area contributed by atoms with Crippen LogP contribution in [0.4, 0.5) is 0 Å². The number of nitrogens with zero attached hydrogens (tertiary/aromatic N) is 1. The van der Waals surface area contributed by atoms with Crippen LogP contribution in [0.25, 0.3) is 10.6 Å².